The molecule has 1 aromatic rings. The van der Waals surface area contributed by atoms with Crippen molar-refractivity contribution in [2.24, 2.45) is 0 Å². The van der Waals surface area contributed by atoms with Crippen LogP contribution in [0.15, 0.2) is 6.20 Å². The maximum Gasteiger partial charge on any atom is 0.401 e. The normalized spacial score (nSPS) is 22.1. The Hall–Kier alpha value is -1.61. The van der Waals surface area contributed by atoms with Gasteiger partial charge in [-0.2, -0.15) is 13.2 Å². The molecule has 128 valence electrons. The van der Waals surface area contributed by atoms with E-state index in [-0.39, 0.29) is 18.5 Å². The van der Waals surface area contributed by atoms with Crippen molar-refractivity contribution in [2.75, 3.05) is 26.2 Å². The molecule has 0 saturated carbocycles. The smallest absolute Gasteiger partial charge is 0.372 e. The van der Waals surface area contributed by atoms with E-state index in [4.69, 9.17) is 4.74 Å². The van der Waals surface area contributed by atoms with Gasteiger partial charge in [-0.05, 0) is 19.4 Å². The van der Waals surface area contributed by atoms with Crippen LogP contribution < -0.4 is 5.32 Å². The number of alkyl halides is 3. The number of rotatable bonds is 4. The van der Waals surface area contributed by atoms with Crippen molar-refractivity contribution in [3.63, 3.8) is 0 Å². The summed E-state index contributed by atoms with van der Waals surface area (Å²) in [5.74, 6) is 0.394. The number of likely N-dealkylation sites (tertiary alicyclic amines) is 1. The fraction of sp³-hybridized carbons (Fsp3) is 0.714. The minimum Gasteiger partial charge on any atom is -0.372 e. The molecule has 0 radical (unpaired) electrons. The first-order valence-electron chi connectivity index (χ1n) is 7.65. The molecule has 0 aromatic carbocycles. The van der Waals surface area contributed by atoms with Gasteiger partial charge in [-0.3, -0.25) is 9.69 Å². The topological polar surface area (TPSA) is 59.4 Å². The summed E-state index contributed by atoms with van der Waals surface area (Å²) in [5, 5.41) is 2.74. The average molecular weight is 332 g/mol. The van der Waals surface area contributed by atoms with Crippen LogP contribution in [0.5, 0.6) is 0 Å². The van der Waals surface area contributed by atoms with Gasteiger partial charge in [0.25, 0.3) is 5.91 Å². The Morgan fingerprint density at radius 1 is 1.43 bits per heavy atom. The second-order valence-electron chi connectivity index (χ2n) is 5.86. The van der Waals surface area contributed by atoms with Gasteiger partial charge in [0.2, 0.25) is 0 Å². The summed E-state index contributed by atoms with van der Waals surface area (Å²) in [7, 11) is 0. The molecule has 6 nitrogen and oxygen atoms in total. The lowest BCUT2D eigenvalue weighted by Crippen LogP contribution is -2.44. The zero-order chi connectivity index (χ0) is 16.4. The molecule has 0 spiro atoms. The van der Waals surface area contributed by atoms with E-state index in [0.29, 0.717) is 44.2 Å². The van der Waals surface area contributed by atoms with Crippen LogP contribution in [0.25, 0.3) is 0 Å². The summed E-state index contributed by atoms with van der Waals surface area (Å²) < 4.78 is 44.7. The second kappa shape index (κ2) is 6.48. The highest BCUT2D eigenvalue weighted by Gasteiger charge is 2.36. The van der Waals surface area contributed by atoms with Crippen LogP contribution in [0.1, 0.15) is 29.2 Å². The molecular weight excluding hydrogens is 313 g/mol. The van der Waals surface area contributed by atoms with E-state index >= 15 is 0 Å². The number of nitrogens with one attached hydrogen (secondary N) is 1. The number of halogens is 3. The Labute approximate surface area is 131 Å². The zero-order valence-corrected chi connectivity index (χ0v) is 12.6. The molecule has 3 rings (SSSR count). The van der Waals surface area contributed by atoms with Crippen LogP contribution in [0.4, 0.5) is 13.2 Å². The number of carbonyl (C=O) groups is 1. The van der Waals surface area contributed by atoms with Crippen molar-refractivity contribution in [2.45, 2.75) is 38.2 Å². The van der Waals surface area contributed by atoms with Crippen molar-refractivity contribution in [1.29, 1.82) is 0 Å². The molecular formula is C14H19F3N4O2. The van der Waals surface area contributed by atoms with Gasteiger partial charge in [-0.25, -0.2) is 4.98 Å². The van der Waals surface area contributed by atoms with Gasteiger partial charge in [0.1, 0.15) is 18.1 Å². The third-order valence-electron chi connectivity index (χ3n) is 4.24. The molecule has 1 saturated heterocycles. The first-order valence-corrected chi connectivity index (χ1v) is 7.65. The lowest BCUT2D eigenvalue weighted by atomic mass is 10.2. The third kappa shape index (κ3) is 3.84. The SMILES string of the molecule is O=C(NCC1CCCN1CC(F)(F)F)c1cnc2n1CCOC2. The highest BCUT2D eigenvalue weighted by atomic mass is 19.4. The van der Waals surface area contributed by atoms with Crippen LogP contribution >= 0.6 is 0 Å². The molecule has 2 aliphatic rings. The lowest BCUT2D eigenvalue weighted by molar-refractivity contribution is -0.147. The molecule has 0 aliphatic carbocycles. The Bertz CT molecular complexity index is 573. The molecule has 23 heavy (non-hydrogen) atoms. The standard InChI is InChI=1S/C14H19F3N4O2/c15-14(16,17)9-20-3-1-2-10(20)6-19-13(22)11-7-18-12-8-23-5-4-21(11)12/h7,10H,1-6,8-9H2,(H,19,22). The summed E-state index contributed by atoms with van der Waals surface area (Å²) in [6.07, 6.45) is -1.34. The number of carbonyl (C=O) groups excluding carboxylic acids is 1. The highest BCUT2D eigenvalue weighted by molar-refractivity contribution is 5.92. The van der Waals surface area contributed by atoms with E-state index in [9.17, 15) is 18.0 Å². The molecule has 9 heteroatoms. The fourth-order valence-corrected chi connectivity index (χ4v) is 3.15. The van der Waals surface area contributed by atoms with E-state index < -0.39 is 12.7 Å². The van der Waals surface area contributed by atoms with Gasteiger partial charge in [0.05, 0.1) is 19.3 Å². The van der Waals surface area contributed by atoms with Crippen molar-refractivity contribution in [3.8, 4) is 0 Å². The largest absolute Gasteiger partial charge is 0.401 e. The van der Waals surface area contributed by atoms with Crippen LogP contribution in [0, 0.1) is 0 Å². The molecule has 1 N–H and O–H groups in total. The highest BCUT2D eigenvalue weighted by Crippen LogP contribution is 2.23. The van der Waals surface area contributed by atoms with Crippen LogP contribution in [-0.2, 0) is 17.9 Å². The first kappa shape index (κ1) is 16.3. The summed E-state index contributed by atoms with van der Waals surface area (Å²) >= 11 is 0. The number of nitrogens with zero attached hydrogens (tertiary/aromatic N) is 3. The lowest BCUT2D eigenvalue weighted by Gasteiger charge is -2.25. The number of imidazole rings is 1. The average Bonchev–Trinajstić information content (AvgIpc) is 3.09. The van der Waals surface area contributed by atoms with Crippen LogP contribution in [-0.4, -0.2) is 58.8 Å². The second-order valence-corrected chi connectivity index (χ2v) is 5.86. The Morgan fingerprint density at radius 3 is 3.04 bits per heavy atom. The van der Waals surface area contributed by atoms with E-state index in [1.165, 1.54) is 11.1 Å². The molecule has 1 atom stereocenters. The van der Waals surface area contributed by atoms with Crippen LogP contribution in [0.3, 0.4) is 0 Å². The first-order chi connectivity index (χ1) is 10.9. The maximum absolute atomic E-state index is 12.5. The minimum atomic E-state index is -4.21. The molecule has 2 aliphatic heterocycles. The monoisotopic (exact) mass is 332 g/mol. The Kier molecular flexibility index (Phi) is 4.58. The summed E-state index contributed by atoms with van der Waals surface area (Å²) in [4.78, 5) is 17.8. The summed E-state index contributed by atoms with van der Waals surface area (Å²) in [6, 6.07) is -0.271. The number of hydrogen-bond donors (Lipinski definition) is 1. The number of amides is 1. The predicted molar refractivity (Wildman–Crippen MR) is 74.9 cm³/mol. The van der Waals surface area contributed by atoms with Gasteiger partial charge in [0, 0.05) is 19.1 Å². The molecule has 3 heterocycles. The van der Waals surface area contributed by atoms with Crippen molar-refractivity contribution in [3.05, 3.63) is 17.7 Å². The van der Waals surface area contributed by atoms with Gasteiger partial charge >= 0.3 is 6.18 Å². The van der Waals surface area contributed by atoms with Crippen LogP contribution in [0.2, 0.25) is 0 Å². The van der Waals surface area contributed by atoms with E-state index in [1.807, 2.05) is 0 Å². The quantitative estimate of drug-likeness (QED) is 0.899. The van der Waals surface area contributed by atoms with E-state index in [0.717, 1.165) is 6.42 Å². The molecule has 1 unspecified atom stereocenters. The minimum absolute atomic E-state index is 0.214. The Morgan fingerprint density at radius 2 is 2.26 bits per heavy atom. The van der Waals surface area contributed by atoms with Gasteiger partial charge in [-0.1, -0.05) is 0 Å². The zero-order valence-electron chi connectivity index (χ0n) is 12.6. The molecule has 0 bridgehead atoms. The van der Waals surface area contributed by atoms with Crippen molar-refractivity contribution in [1.82, 2.24) is 19.8 Å². The van der Waals surface area contributed by atoms with Gasteiger partial charge in [0.15, 0.2) is 0 Å². The summed E-state index contributed by atoms with van der Waals surface area (Å²) in [6.45, 7) is 1.15. The van der Waals surface area contributed by atoms with Crippen molar-refractivity contribution >= 4 is 5.91 Å². The Balaban J connectivity index is 1.57. The van der Waals surface area contributed by atoms with Gasteiger partial charge < -0.3 is 14.6 Å². The van der Waals surface area contributed by atoms with E-state index in [1.54, 1.807) is 4.57 Å². The predicted octanol–water partition coefficient (Wildman–Crippen LogP) is 1.17. The van der Waals surface area contributed by atoms with E-state index in [2.05, 4.69) is 10.3 Å². The molecule has 1 aromatic heterocycles. The molecule has 1 fully saturated rings. The fourth-order valence-electron chi connectivity index (χ4n) is 3.15. The number of fused-ring (bicyclic) bond motifs is 1. The number of hydrogen-bond acceptors (Lipinski definition) is 4. The van der Waals surface area contributed by atoms with Crippen molar-refractivity contribution < 1.29 is 22.7 Å². The maximum atomic E-state index is 12.5. The number of aromatic nitrogens is 2. The third-order valence-corrected chi connectivity index (χ3v) is 4.24. The molecule has 1 amide bonds. The summed E-state index contributed by atoms with van der Waals surface area (Å²) in [5.41, 5.74) is 0.434. The van der Waals surface area contributed by atoms with Gasteiger partial charge in [-0.15, -0.1) is 0 Å². The number of ether oxygens (including phenoxy) is 1.